The highest BCUT2D eigenvalue weighted by atomic mass is 16.6. The lowest BCUT2D eigenvalue weighted by atomic mass is 10.1. The average molecular weight is 322 g/mol. The maximum atomic E-state index is 10.5. The molecule has 1 aromatic carbocycles. The first kappa shape index (κ1) is 18.1. The second-order valence-electron chi connectivity index (χ2n) is 4.55. The van der Waals surface area contributed by atoms with Crippen LogP contribution in [-0.2, 0) is 0 Å². The molecule has 0 aliphatic heterocycles. The number of nitro groups is 2. The molecule has 8 nitrogen and oxygen atoms in total. The van der Waals surface area contributed by atoms with Crippen molar-refractivity contribution in [2.24, 2.45) is 0 Å². The Morgan fingerprint density at radius 1 is 1.13 bits per heavy atom. The summed E-state index contributed by atoms with van der Waals surface area (Å²) in [4.78, 5) is 19.8. The number of methoxy groups -OCH3 is 1. The Labute approximate surface area is 133 Å². The quantitative estimate of drug-likeness (QED) is 0.392. The largest absolute Gasteiger partial charge is 0.493 e. The van der Waals surface area contributed by atoms with Crippen LogP contribution in [0.5, 0.6) is 11.5 Å². The van der Waals surface area contributed by atoms with Crippen LogP contribution in [0.1, 0.15) is 30.9 Å². The van der Waals surface area contributed by atoms with E-state index < -0.39 is 9.85 Å². The van der Waals surface area contributed by atoms with Crippen molar-refractivity contribution in [3.8, 4) is 11.5 Å². The molecule has 0 N–H and O–H groups in total. The van der Waals surface area contributed by atoms with Gasteiger partial charge in [-0.05, 0) is 24.1 Å². The van der Waals surface area contributed by atoms with Gasteiger partial charge < -0.3 is 9.47 Å². The SMILES string of the molecule is CCCCOc1c(/C=C/[N+](=O)[O-])cc(/C=C/[N+](=O)[O-])cc1OC. The summed E-state index contributed by atoms with van der Waals surface area (Å²) in [5, 5.41) is 21.0. The summed E-state index contributed by atoms with van der Waals surface area (Å²) in [6, 6.07) is 3.13. The Morgan fingerprint density at radius 2 is 1.78 bits per heavy atom. The van der Waals surface area contributed by atoms with Crippen molar-refractivity contribution in [2.45, 2.75) is 19.8 Å². The third-order valence-corrected chi connectivity index (χ3v) is 2.83. The van der Waals surface area contributed by atoms with Gasteiger partial charge in [0.25, 0.3) is 0 Å². The van der Waals surface area contributed by atoms with Crippen LogP contribution in [0, 0.1) is 20.2 Å². The fraction of sp³-hybridized carbons (Fsp3) is 0.333. The molecule has 23 heavy (non-hydrogen) atoms. The lowest BCUT2D eigenvalue weighted by Gasteiger charge is -2.14. The molecular weight excluding hydrogens is 304 g/mol. The molecule has 1 aromatic rings. The maximum Gasteiger partial charge on any atom is 0.235 e. The fourth-order valence-corrected chi connectivity index (χ4v) is 1.78. The van der Waals surface area contributed by atoms with Gasteiger partial charge in [0.05, 0.1) is 23.6 Å². The molecule has 0 atom stereocenters. The molecular formula is C15H18N2O6. The van der Waals surface area contributed by atoms with Crippen LogP contribution in [0.4, 0.5) is 0 Å². The first-order chi connectivity index (χ1) is 11.0. The van der Waals surface area contributed by atoms with Gasteiger partial charge >= 0.3 is 0 Å². The predicted molar refractivity (Wildman–Crippen MR) is 85.5 cm³/mol. The summed E-state index contributed by atoms with van der Waals surface area (Å²) in [6.45, 7) is 2.45. The minimum Gasteiger partial charge on any atom is -0.493 e. The van der Waals surface area contributed by atoms with E-state index in [4.69, 9.17) is 9.47 Å². The molecule has 0 fully saturated rings. The molecule has 8 heteroatoms. The number of ether oxygens (including phenoxy) is 2. The minimum absolute atomic E-state index is 0.356. The third kappa shape index (κ3) is 6.16. The Kier molecular flexibility index (Phi) is 7.25. The highest BCUT2D eigenvalue weighted by Crippen LogP contribution is 2.34. The van der Waals surface area contributed by atoms with E-state index >= 15 is 0 Å². The number of rotatable bonds is 9. The maximum absolute atomic E-state index is 10.5. The molecule has 0 amide bonds. The molecule has 0 unspecified atom stereocenters. The summed E-state index contributed by atoms with van der Waals surface area (Å²) >= 11 is 0. The molecule has 0 radical (unpaired) electrons. The van der Waals surface area contributed by atoms with E-state index in [-0.39, 0.29) is 0 Å². The number of benzene rings is 1. The van der Waals surface area contributed by atoms with Crippen molar-refractivity contribution in [3.05, 3.63) is 55.9 Å². The normalized spacial score (nSPS) is 11.0. The summed E-state index contributed by atoms with van der Waals surface area (Å²) < 4.78 is 10.9. The van der Waals surface area contributed by atoms with Crippen molar-refractivity contribution in [1.29, 1.82) is 0 Å². The lowest BCUT2D eigenvalue weighted by Crippen LogP contribution is -2.01. The molecule has 0 bridgehead atoms. The molecule has 1 rings (SSSR count). The van der Waals surface area contributed by atoms with Crippen LogP contribution in [0.2, 0.25) is 0 Å². The van der Waals surface area contributed by atoms with Crippen molar-refractivity contribution in [1.82, 2.24) is 0 Å². The molecule has 0 saturated heterocycles. The van der Waals surface area contributed by atoms with E-state index in [1.54, 1.807) is 12.1 Å². The van der Waals surface area contributed by atoms with Crippen LogP contribution >= 0.6 is 0 Å². The zero-order valence-electron chi connectivity index (χ0n) is 12.9. The zero-order chi connectivity index (χ0) is 17.2. The highest BCUT2D eigenvalue weighted by Gasteiger charge is 2.12. The van der Waals surface area contributed by atoms with Crippen LogP contribution in [0.3, 0.4) is 0 Å². The van der Waals surface area contributed by atoms with E-state index in [9.17, 15) is 20.2 Å². The summed E-state index contributed by atoms with van der Waals surface area (Å²) in [7, 11) is 1.43. The van der Waals surface area contributed by atoms with Crippen LogP contribution in [0.15, 0.2) is 24.5 Å². The van der Waals surface area contributed by atoms with Crippen LogP contribution in [0.25, 0.3) is 12.2 Å². The highest BCUT2D eigenvalue weighted by molar-refractivity contribution is 5.67. The smallest absolute Gasteiger partial charge is 0.235 e. The minimum atomic E-state index is -0.595. The van der Waals surface area contributed by atoms with Crippen molar-refractivity contribution in [3.63, 3.8) is 0 Å². The molecule has 0 aromatic heterocycles. The molecule has 0 spiro atoms. The zero-order valence-corrected chi connectivity index (χ0v) is 12.9. The van der Waals surface area contributed by atoms with Crippen LogP contribution in [-0.4, -0.2) is 23.6 Å². The average Bonchev–Trinajstić information content (AvgIpc) is 2.51. The molecule has 0 aliphatic rings. The van der Waals surface area contributed by atoms with Crippen molar-refractivity contribution < 1.29 is 19.3 Å². The second kappa shape index (κ2) is 9.19. The molecule has 0 saturated carbocycles. The van der Waals surface area contributed by atoms with Gasteiger partial charge in [-0.2, -0.15) is 0 Å². The number of nitrogens with zero attached hydrogens (tertiary/aromatic N) is 2. The Bertz CT molecular complexity index is 625. The summed E-state index contributed by atoms with van der Waals surface area (Å²) in [5.74, 6) is 0.729. The van der Waals surface area contributed by atoms with E-state index in [0.29, 0.717) is 29.2 Å². The Hall–Kier alpha value is -2.90. The van der Waals surface area contributed by atoms with Crippen molar-refractivity contribution >= 4 is 12.2 Å². The van der Waals surface area contributed by atoms with Gasteiger partial charge in [-0.15, -0.1) is 0 Å². The van der Waals surface area contributed by atoms with Gasteiger partial charge in [0.2, 0.25) is 12.4 Å². The lowest BCUT2D eigenvalue weighted by molar-refractivity contribution is -0.401. The monoisotopic (exact) mass is 322 g/mol. The van der Waals surface area contributed by atoms with Gasteiger partial charge in [-0.1, -0.05) is 13.3 Å². The van der Waals surface area contributed by atoms with E-state index in [1.165, 1.54) is 19.3 Å². The van der Waals surface area contributed by atoms with Crippen molar-refractivity contribution in [2.75, 3.05) is 13.7 Å². The summed E-state index contributed by atoms with van der Waals surface area (Å²) in [5.41, 5.74) is 0.893. The Balaban J connectivity index is 3.27. The number of hydrogen-bond acceptors (Lipinski definition) is 6. The summed E-state index contributed by atoms with van der Waals surface area (Å²) in [6.07, 6.45) is 5.88. The molecule has 0 aliphatic carbocycles. The number of unbranched alkanes of at least 4 members (excludes halogenated alkanes) is 1. The van der Waals surface area contributed by atoms with Gasteiger partial charge in [-0.25, -0.2) is 0 Å². The number of hydrogen-bond donors (Lipinski definition) is 0. The third-order valence-electron chi connectivity index (χ3n) is 2.83. The van der Waals surface area contributed by atoms with E-state index in [1.807, 2.05) is 6.92 Å². The molecule has 0 heterocycles. The van der Waals surface area contributed by atoms with Gasteiger partial charge in [0.1, 0.15) is 0 Å². The van der Waals surface area contributed by atoms with E-state index in [0.717, 1.165) is 25.2 Å². The fourth-order valence-electron chi connectivity index (χ4n) is 1.78. The second-order valence-corrected chi connectivity index (χ2v) is 4.55. The van der Waals surface area contributed by atoms with Gasteiger partial charge in [-0.3, -0.25) is 20.2 Å². The molecule has 124 valence electrons. The van der Waals surface area contributed by atoms with Gasteiger partial charge in [0, 0.05) is 17.7 Å². The van der Waals surface area contributed by atoms with E-state index in [2.05, 4.69) is 0 Å². The first-order valence-electron chi connectivity index (χ1n) is 6.96. The first-order valence-corrected chi connectivity index (χ1v) is 6.96. The predicted octanol–water partition coefficient (Wildman–Crippen LogP) is 3.37. The Morgan fingerprint density at radius 3 is 2.35 bits per heavy atom. The van der Waals surface area contributed by atoms with Crippen LogP contribution < -0.4 is 9.47 Å². The van der Waals surface area contributed by atoms with Gasteiger partial charge in [0.15, 0.2) is 11.5 Å². The topological polar surface area (TPSA) is 105 Å². The standard InChI is InChI=1S/C15H18N2O6/c1-3-4-9-23-15-13(6-8-17(20)21)10-12(5-7-16(18)19)11-14(15)22-2/h5-8,10-11H,3-4,9H2,1-2H3/b7-5+,8-6+.